The van der Waals surface area contributed by atoms with Gasteiger partial charge in [-0.3, -0.25) is 14.2 Å². The molecule has 1 N–H and O–H groups in total. The lowest BCUT2D eigenvalue weighted by Crippen LogP contribution is -2.40. The molecule has 0 aliphatic carbocycles. The summed E-state index contributed by atoms with van der Waals surface area (Å²) in [4.78, 5) is 40.9. The van der Waals surface area contributed by atoms with Crippen LogP contribution in [0.15, 0.2) is 76.4 Å². The Kier molecular flexibility index (Phi) is 5.12. The van der Waals surface area contributed by atoms with Crippen LogP contribution in [0.5, 0.6) is 0 Å². The van der Waals surface area contributed by atoms with Gasteiger partial charge in [-0.2, -0.15) is 0 Å². The predicted molar refractivity (Wildman–Crippen MR) is 98.8 cm³/mol. The maximum absolute atomic E-state index is 13.0. The first kappa shape index (κ1) is 17.4. The number of rotatable bonds is 5. The zero-order valence-electron chi connectivity index (χ0n) is 14.4. The number of H-pyrrole nitrogens is 1. The first-order valence-electron chi connectivity index (χ1n) is 8.22. The van der Waals surface area contributed by atoms with Crippen LogP contribution in [0.4, 0.5) is 0 Å². The maximum Gasteiger partial charge on any atom is 0.328 e. The van der Waals surface area contributed by atoms with Crippen LogP contribution in [0, 0.1) is 0 Å². The van der Waals surface area contributed by atoms with Gasteiger partial charge >= 0.3 is 5.69 Å². The van der Waals surface area contributed by atoms with E-state index < -0.39 is 17.2 Å². The summed E-state index contributed by atoms with van der Waals surface area (Å²) >= 11 is 0. The van der Waals surface area contributed by atoms with Gasteiger partial charge in [-0.25, -0.2) is 4.79 Å². The fourth-order valence-corrected chi connectivity index (χ4v) is 2.70. The summed E-state index contributed by atoms with van der Waals surface area (Å²) in [5, 5.41) is 0. The Labute approximate surface area is 150 Å². The van der Waals surface area contributed by atoms with E-state index >= 15 is 0 Å². The summed E-state index contributed by atoms with van der Waals surface area (Å²) in [5.74, 6) is -0.422. The van der Waals surface area contributed by atoms with Gasteiger partial charge in [0.15, 0.2) is 0 Å². The molecule has 0 saturated carbocycles. The number of amides is 1. The summed E-state index contributed by atoms with van der Waals surface area (Å²) in [6.45, 7) is 0.716. The molecular weight excluding hydrogens is 330 g/mol. The van der Waals surface area contributed by atoms with Crippen LogP contribution in [-0.4, -0.2) is 20.4 Å². The fraction of sp³-hybridized carbons (Fsp3) is 0.150. The van der Waals surface area contributed by atoms with Crippen LogP contribution in [-0.2, 0) is 20.1 Å². The summed E-state index contributed by atoms with van der Waals surface area (Å²) < 4.78 is 0.899. The van der Waals surface area contributed by atoms with Gasteiger partial charge in [0.1, 0.15) is 5.56 Å². The smallest absolute Gasteiger partial charge is 0.328 e. The Morgan fingerprint density at radius 3 is 1.92 bits per heavy atom. The zero-order chi connectivity index (χ0) is 18.5. The van der Waals surface area contributed by atoms with Crippen molar-refractivity contribution >= 4 is 5.91 Å². The van der Waals surface area contributed by atoms with Gasteiger partial charge in [0, 0.05) is 26.3 Å². The number of carbonyl (C=O) groups is 1. The number of nitrogens with one attached hydrogen (secondary N) is 1. The number of aromatic nitrogens is 2. The van der Waals surface area contributed by atoms with Gasteiger partial charge in [0.05, 0.1) is 0 Å². The van der Waals surface area contributed by atoms with Crippen LogP contribution in [0.3, 0.4) is 0 Å². The van der Waals surface area contributed by atoms with Gasteiger partial charge in [-0.1, -0.05) is 60.7 Å². The summed E-state index contributed by atoms with van der Waals surface area (Å²) in [7, 11) is 1.34. The number of nitrogens with zero attached hydrogens (tertiary/aromatic N) is 2. The molecule has 3 aromatic rings. The molecule has 1 amide bonds. The lowest BCUT2D eigenvalue weighted by atomic mass is 10.1. The minimum absolute atomic E-state index is 0.0565. The Hall–Kier alpha value is -3.41. The van der Waals surface area contributed by atoms with Crippen molar-refractivity contribution in [3.8, 4) is 0 Å². The van der Waals surface area contributed by atoms with Gasteiger partial charge in [0.25, 0.3) is 11.5 Å². The highest BCUT2D eigenvalue weighted by molar-refractivity contribution is 5.93. The second kappa shape index (κ2) is 7.65. The molecule has 0 unspecified atom stereocenters. The third kappa shape index (κ3) is 3.80. The molecule has 6 heteroatoms. The quantitative estimate of drug-likeness (QED) is 0.765. The summed E-state index contributed by atoms with van der Waals surface area (Å²) in [6, 6.07) is 19.1. The molecule has 0 aliphatic rings. The van der Waals surface area contributed by atoms with E-state index in [4.69, 9.17) is 0 Å². The highest BCUT2D eigenvalue weighted by Gasteiger charge is 2.21. The average Bonchev–Trinajstić information content (AvgIpc) is 2.67. The number of aromatic amines is 1. The van der Waals surface area contributed by atoms with E-state index in [1.54, 1.807) is 4.90 Å². The molecule has 26 heavy (non-hydrogen) atoms. The van der Waals surface area contributed by atoms with E-state index in [9.17, 15) is 14.4 Å². The molecule has 3 rings (SSSR count). The first-order valence-corrected chi connectivity index (χ1v) is 8.22. The molecule has 0 aliphatic heterocycles. The first-order chi connectivity index (χ1) is 12.6. The SMILES string of the molecule is Cn1c(=O)[nH]cc(C(=O)N(Cc2ccccc2)Cc2ccccc2)c1=O. The zero-order valence-corrected chi connectivity index (χ0v) is 14.4. The van der Waals surface area contributed by atoms with Crippen molar-refractivity contribution < 1.29 is 4.79 Å². The Morgan fingerprint density at radius 1 is 0.923 bits per heavy atom. The van der Waals surface area contributed by atoms with Gasteiger partial charge in [-0.05, 0) is 11.1 Å². The van der Waals surface area contributed by atoms with Gasteiger partial charge in [-0.15, -0.1) is 0 Å². The van der Waals surface area contributed by atoms with Crippen molar-refractivity contribution in [1.29, 1.82) is 0 Å². The number of hydrogen-bond acceptors (Lipinski definition) is 3. The maximum atomic E-state index is 13.0. The lowest BCUT2D eigenvalue weighted by Gasteiger charge is -2.23. The summed E-state index contributed by atoms with van der Waals surface area (Å²) in [5.41, 5.74) is 0.698. The van der Waals surface area contributed by atoms with E-state index in [-0.39, 0.29) is 5.56 Å². The highest BCUT2D eigenvalue weighted by Crippen LogP contribution is 2.12. The van der Waals surface area contributed by atoms with Crippen LogP contribution in [0.2, 0.25) is 0 Å². The topological polar surface area (TPSA) is 75.2 Å². The molecule has 0 saturated heterocycles. The predicted octanol–water partition coefficient (Wildman–Crippen LogP) is 1.92. The third-order valence-corrected chi connectivity index (χ3v) is 4.13. The van der Waals surface area contributed by atoms with Gasteiger partial charge < -0.3 is 9.88 Å². The number of benzene rings is 2. The van der Waals surface area contributed by atoms with Crippen LogP contribution < -0.4 is 11.2 Å². The third-order valence-electron chi connectivity index (χ3n) is 4.13. The molecule has 0 radical (unpaired) electrons. The second-order valence-corrected chi connectivity index (χ2v) is 6.00. The van der Waals surface area contributed by atoms with Gasteiger partial charge in [0.2, 0.25) is 0 Å². The van der Waals surface area contributed by atoms with Crippen LogP contribution in [0.25, 0.3) is 0 Å². The highest BCUT2D eigenvalue weighted by atomic mass is 16.2. The second-order valence-electron chi connectivity index (χ2n) is 6.00. The lowest BCUT2D eigenvalue weighted by molar-refractivity contribution is 0.0727. The van der Waals surface area contributed by atoms with E-state index in [0.717, 1.165) is 15.7 Å². The van der Waals surface area contributed by atoms with E-state index in [2.05, 4.69) is 4.98 Å². The normalized spacial score (nSPS) is 10.5. The molecule has 0 bridgehead atoms. The van der Waals surface area contributed by atoms with E-state index in [1.807, 2.05) is 60.7 Å². The Morgan fingerprint density at radius 2 is 1.42 bits per heavy atom. The van der Waals surface area contributed by atoms with Crippen LogP contribution >= 0.6 is 0 Å². The minimum Gasteiger partial charge on any atom is -0.330 e. The van der Waals surface area contributed by atoms with Crippen molar-refractivity contribution in [2.24, 2.45) is 7.05 Å². The fourth-order valence-electron chi connectivity index (χ4n) is 2.70. The number of hydrogen-bond donors (Lipinski definition) is 1. The van der Waals surface area contributed by atoms with Crippen molar-refractivity contribution in [3.05, 3.63) is 104 Å². The van der Waals surface area contributed by atoms with E-state index in [0.29, 0.717) is 13.1 Å². The molecule has 0 fully saturated rings. The standard InChI is InChI=1S/C20H19N3O3/c1-22-18(24)17(12-21-20(22)26)19(25)23(13-15-8-4-2-5-9-15)14-16-10-6-3-7-11-16/h2-12H,13-14H2,1H3,(H,21,26). The molecule has 132 valence electrons. The number of carbonyl (C=O) groups excluding carboxylic acids is 1. The van der Waals surface area contributed by atoms with Crippen molar-refractivity contribution in [1.82, 2.24) is 14.5 Å². The molecule has 0 atom stereocenters. The van der Waals surface area contributed by atoms with Crippen molar-refractivity contribution in [2.45, 2.75) is 13.1 Å². The van der Waals surface area contributed by atoms with Crippen LogP contribution in [0.1, 0.15) is 21.5 Å². The molecule has 2 aromatic carbocycles. The van der Waals surface area contributed by atoms with Crippen molar-refractivity contribution in [3.63, 3.8) is 0 Å². The molecule has 0 spiro atoms. The Balaban J connectivity index is 1.96. The molecular formula is C20H19N3O3. The molecule has 1 aromatic heterocycles. The Bertz CT molecular complexity index is 966. The summed E-state index contributed by atoms with van der Waals surface area (Å²) in [6.07, 6.45) is 1.19. The molecule has 6 nitrogen and oxygen atoms in total. The molecule has 1 heterocycles. The van der Waals surface area contributed by atoms with E-state index in [1.165, 1.54) is 13.2 Å². The van der Waals surface area contributed by atoms with Crippen molar-refractivity contribution in [2.75, 3.05) is 0 Å². The minimum atomic E-state index is -0.607. The largest absolute Gasteiger partial charge is 0.330 e. The average molecular weight is 349 g/mol. The monoisotopic (exact) mass is 349 g/mol.